The average Bonchev–Trinajstić information content (AvgIpc) is 3.00. The number of fused-ring (bicyclic) bond motifs is 5. The Morgan fingerprint density at radius 3 is 2.27 bits per heavy atom. The summed E-state index contributed by atoms with van der Waals surface area (Å²) in [5, 5.41) is 31.4. The molecule has 0 spiro atoms. The molecule has 9 atom stereocenters. The van der Waals surface area contributed by atoms with Gasteiger partial charge in [-0.3, -0.25) is 0 Å². The molecule has 0 radical (unpaired) electrons. The fourth-order valence-electron chi connectivity index (χ4n) is 9.65. The standard InChI is InChI=1S/C30H52O3/c1-19(9-12-25(32)27(4,5)33)20-13-17-30(8)22-10-11-23-26(2,3)24(31)15-16-28(23,6)21(22)14-18-29(20,30)7/h14,19-20,22-25,31-33H,9-13,15-18H2,1-8H3/t19-,20-,22-,23+,24?,25?,28-,29-,30+/m1/s1. The Balaban J connectivity index is 1.59. The van der Waals surface area contributed by atoms with Crippen LogP contribution in [0.25, 0.3) is 0 Å². The molecule has 0 amide bonds. The monoisotopic (exact) mass is 460 g/mol. The molecule has 33 heavy (non-hydrogen) atoms. The van der Waals surface area contributed by atoms with Crippen molar-refractivity contribution in [1.29, 1.82) is 0 Å². The van der Waals surface area contributed by atoms with Crippen LogP contribution in [0.3, 0.4) is 0 Å². The molecule has 0 saturated heterocycles. The van der Waals surface area contributed by atoms with Gasteiger partial charge in [-0.25, -0.2) is 0 Å². The molecule has 0 heterocycles. The molecule has 2 unspecified atom stereocenters. The minimum absolute atomic E-state index is 0.00545. The Morgan fingerprint density at radius 2 is 1.64 bits per heavy atom. The normalized spacial score (nSPS) is 46.6. The summed E-state index contributed by atoms with van der Waals surface area (Å²) in [5.41, 5.74) is 1.58. The Kier molecular flexibility index (Phi) is 6.28. The zero-order valence-electron chi connectivity index (χ0n) is 22.7. The predicted molar refractivity (Wildman–Crippen MR) is 136 cm³/mol. The van der Waals surface area contributed by atoms with Crippen molar-refractivity contribution in [2.45, 2.75) is 131 Å². The van der Waals surface area contributed by atoms with Crippen molar-refractivity contribution in [2.75, 3.05) is 0 Å². The number of aliphatic hydroxyl groups is 3. The van der Waals surface area contributed by atoms with Gasteiger partial charge in [0.1, 0.15) is 0 Å². The third kappa shape index (κ3) is 3.70. The highest BCUT2D eigenvalue weighted by Gasteiger charge is 2.65. The first-order valence-electron chi connectivity index (χ1n) is 13.9. The largest absolute Gasteiger partial charge is 0.393 e. The van der Waals surface area contributed by atoms with Crippen molar-refractivity contribution >= 4 is 0 Å². The first-order chi connectivity index (χ1) is 15.1. The summed E-state index contributed by atoms with van der Waals surface area (Å²) in [4.78, 5) is 0. The van der Waals surface area contributed by atoms with E-state index in [0.717, 1.165) is 19.3 Å². The predicted octanol–water partition coefficient (Wildman–Crippen LogP) is 6.50. The van der Waals surface area contributed by atoms with E-state index in [9.17, 15) is 15.3 Å². The summed E-state index contributed by atoms with van der Waals surface area (Å²) >= 11 is 0. The van der Waals surface area contributed by atoms with E-state index in [4.69, 9.17) is 0 Å². The van der Waals surface area contributed by atoms with Crippen LogP contribution in [0.2, 0.25) is 0 Å². The lowest BCUT2D eigenvalue weighted by atomic mass is 9.41. The minimum atomic E-state index is -1.02. The molecule has 4 rings (SSSR count). The van der Waals surface area contributed by atoms with Gasteiger partial charge in [-0.15, -0.1) is 0 Å². The quantitative estimate of drug-likeness (QED) is 0.410. The maximum Gasteiger partial charge on any atom is 0.0849 e. The second kappa shape index (κ2) is 8.07. The van der Waals surface area contributed by atoms with E-state index in [1.54, 1.807) is 19.4 Å². The van der Waals surface area contributed by atoms with Crippen LogP contribution in [-0.2, 0) is 0 Å². The van der Waals surface area contributed by atoms with Gasteiger partial charge in [0.25, 0.3) is 0 Å². The second-order valence-corrected chi connectivity index (χ2v) is 14.5. The molecule has 4 aliphatic carbocycles. The van der Waals surface area contributed by atoms with Crippen LogP contribution >= 0.6 is 0 Å². The summed E-state index contributed by atoms with van der Waals surface area (Å²) in [6.07, 6.45) is 11.8. The maximum absolute atomic E-state index is 10.8. The number of hydrogen-bond acceptors (Lipinski definition) is 3. The highest BCUT2D eigenvalue weighted by atomic mass is 16.3. The maximum atomic E-state index is 10.8. The molecule has 190 valence electrons. The fourth-order valence-corrected chi connectivity index (χ4v) is 9.65. The smallest absolute Gasteiger partial charge is 0.0849 e. The van der Waals surface area contributed by atoms with Crippen LogP contribution in [0, 0.1) is 45.3 Å². The van der Waals surface area contributed by atoms with Crippen molar-refractivity contribution in [3.05, 3.63) is 11.6 Å². The third-order valence-electron chi connectivity index (χ3n) is 12.3. The molecule has 0 aromatic rings. The minimum Gasteiger partial charge on any atom is -0.393 e. The van der Waals surface area contributed by atoms with Gasteiger partial charge in [0.2, 0.25) is 0 Å². The van der Waals surface area contributed by atoms with Gasteiger partial charge in [0, 0.05) is 0 Å². The van der Waals surface area contributed by atoms with Crippen molar-refractivity contribution in [1.82, 2.24) is 0 Å². The van der Waals surface area contributed by atoms with Crippen LogP contribution < -0.4 is 0 Å². The summed E-state index contributed by atoms with van der Waals surface area (Å²) < 4.78 is 0. The number of hydrogen-bond donors (Lipinski definition) is 3. The van der Waals surface area contributed by atoms with E-state index in [1.807, 2.05) is 0 Å². The molecule has 4 aliphatic rings. The molecular weight excluding hydrogens is 408 g/mol. The van der Waals surface area contributed by atoms with Crippen molar-refractivity contribution in [3.63, 3.8) is 0 Å². The van der Waals surface area contributed by atoms with Crippen LogP contribution in [0.1, 0.15) is 113 Å². The van der Waals surface area contributed by atoms with Gasteiger partial charge in [-0.05, 0) is 117 Å². The van der Waals surface area contributed by atoms with Crippen molar-refractivity contribution < 1.29 is 15.3 Å². The molecule has 3 fully saturated rings. The lowest BCUT2D eigenvalue weighted by molar-refractivity contribution is -0.118. The first-order valence-corrected chi connectivity index (χ1v) is 13.9. The number of rotatable bonds is 5. The summed E-state index contributed by atoms with van der Waals surface area (Å²) in [5.74, 6) is 2.47. The van der Waals surface area contributed by atoms with E-state index >= 15 is 0 Å². The van der Waals surface area contributed by atoms with Gasteiger partial charge in [-0.1, -0.05) is 53.2 Å². The fraction of sp³-hybridized carbons (Fsp3) is 0.933. The van der Waals surface area contributed by atoms with E-state index in [-0.39, 0.29) is 16.9 Å². The van der Waals surface area contributed by atoms with E-state index in [0.29, 0.717) is 40.9 Å². The van der Waals surface area contributed by atoms with Crippen LogP contribution in [0.15, 0.2) is 11.6 Å². The molecule has 0 aliphatic heterocycles. The van der Waals surface area contributed by atoms with E-state index in [2.05, 4.69) is 47.6 Å². The van der Waals surface area contributed by atoms with Gasteiger partial charge >= 0.3 is 0 Å². The topological polar surface area (TPSA) is 60.7 Å². The highest BCUT2D eigenvalue weighted by Crippen LogP contribution is 2.73. The highest BCUT2D eigenvalue weighted by molar-refractivity contribution is 5.32. The van der Waals surface area contributed by atoms with Gasteiger partial charge < -0.3 is 15.3 Å². The Labute approximate surface area is 203 Å². The second-order valence-electron chi connectivity index (χ2n) is 14.5. The van der Waals surface area contributed by atoms with Crippen LogP contribution in [-0.4, -0.2) is 33.1 Å². The van der Waals surface area contributed by atoms with Crippen LogP contribution in [0.4, 0.5) is 0 Å². The Morgan fingerprint density at radius 1 is 0.970 bits per heavy atom. The number of allylic oxidation sites excluding steroid dienone is 2. The first kappa shape index (κ1) is 25.7. The zero-order chi connectivity index (χ0) is 24.6. The van der Waals surface area contributed by atoms with Gasteiger partial charge in [0.15, 0.2) is 0 Å². The van der Waals surface area contributed by atoms with Gasteiger partial charge in [-0.2, -0.15) is 0 Å². The molecule has 3 N–H and O–H groups in total. The number of aliphatic hydroxyl groups excluding tert-OH is 2. The molecule has 0 aromatic heterocycles. The van der Waals surface area contributed by atoms with Crippen molar-refractivity contribution in [3.8, 4) is 0 Å². The molecule has 3 saturated carbocycles. The van der Waals surface area contributed by atoms with E-state index in [1.165, 1.54) is 32.1 Å². The summed E-state index contributed by atoms with van der Waals surface area (Å²) in [6, 6.07) is 0. The van der Waals surface area contributed by atoms with E-state index < -0.39 is 11.7 Å². The lowest BCUT2D eigenvalue weighted by Crippen LogP contribution is -2.57. The zero-order valence-corrected chi connectivity index (χ0v) is 22.7. The van der Waals surface area contributed by atoms with Crippen molar-refractivity contribution in [2.24, 2.45) is 45.3 Å². The Bertz CT molecular complexity index is 778. The van der Waals surface area contributed by atoms with Gasteiger partial charge in [0.05, 0.1) is 17.8 Å². The molecular formula is C30H52O3. The Hall–Kier alpha value is -0.380. The molecule has 3 heteroatoms. The SMILES string of the molecule is C[C@H](CCC(O)C(C)(C)O)[C@H]1CC[C@@]2(C)[C@@H]3CC[C@H]4C(C)(C)C(O)CC[C@]4(C)C3=CC[C@]12C. The molecule has 0 bridgehead atoms. The third-order valence-corrected chi connectivity index (χ3v) is 12.3. The average molecular weight is 461 g/mol. The summed E-state index contributed by atoms with van der Waals surface area (Å²) in [6.45, 7) is 18.1. The molecule has 3 nitrogen and oxygen atoms in total. The molecule has 0 aromatic carbocycles. The van der Waals surface area contributed by atoms with Crippen LogP contribution in [0.5, 0.6) is 0 Å². The summed E-state index contributed by atoms with van der Waals surface area (Å²) in [7, 11) is 0. The lowest BCUT2D eigenvalue weighted by Gasteiger charge is -2.64.